The Labute approximate surface area is 154 Å². The SMILES string of the molecule is C[C@H](NC(=O)OC(C)(C)C)[C@H](O)c1c(Br)cc(Br)c(O)c1Br. The molecular weight excluding hydrogens is 486 g/mol. The molecule has 0 aliphatic heterocycles. The lowest BCUT2D eigenvalue weighted by Gasteiger charge is -2.25. The van der Waals surface area contributed by atoms with Crippen LogP contribution in [0.4, 0.5) is 4.79 Å². The van der Waals surface area contributed by atoms with Crippen LogP contribution < -0.4 is 5.32 Å². The third kappa shape index (κ3) is 5.11. The molecule has 0 saturated heterocycles. The summed E-state index contributed by atoms with van der Waals surface area (Å²) in [4.78, 5) is 11.8. The summed E-state index contributed by atoms with van der Waals surface area (Å²) in [6.07, 6.45) is -1.66. The number of nitrogens with one attached hydrogen (secondary N) is 1. The number of hydrogen-bond donors (Lipinski definition) is 3. The van der Waals surface area contributed by atoms with Crippen molar-refractivity contribution in [1.29, 1.82) is 0 Å². The van der Waals surface area contributed by atoms with Gasteiger partial charge in [-0.3, -0.25) is 0 Å². The number of phenolic OH excluding ortho intramolecular Hbond substituents is 1. The molecule has 0 radical (unpaired) electrons. The molecule has 0 spiro atoms. The van der Waals surface area contributed by atoms with Crippen LogP contribution in [0, 0.1) is 0 Å². The van der Waals surface area contributed by atoms with Crippen molar-refractivity contribution >= 4 is 53.9 Å². The Morgan fingerprint density at radius 2 is 1.82 bits per heavy atom. The molecule has 1 amide bonds. The number of aliphatic hydroxyl groups excluding tert-OH is 1. The number of alkyl carbamates (subject to hydrolysis) is 1. The smallest absolute Gasteiger partial charge is 0.407 e. The van der Waals surface area contributed by atoms with E-state index in [0.29, 0.717) is 19.0 Å². The molecule has 124 valence electrons. The first-order valence-corrected chi connectivity index (χ1v) is 8.86. The van der Waals surface area contributed by atoms with Gasteiger partial charge in [-0.25, -0.2) is 4.79 Å². The predicted molar refractivity (Wildman–Crippen MR) is 95.0 cm³/mol. The number of phenols is 1. The number of carbonyl (C=O) groups excluding carboxylic acids is 1. The molecular formula is C14H18Br3NO4. The molecule has 0 aliphatic carbocycles. The van der Waals surface area contributed by atoms with Gasteiger partial charge in [0.2, 0.25) is 0 Å². The van der Waals surface area contributed by atoms with Gasteiger partial charge in [-0.15, -0.1) is 0 Å². The van der Waals surface area contributed by atoms with E-state index in [4.69, 9.17) is 4.74 Å². The third-order valence-corrected chi connectivity index (χ3v) is 4.76. The predicted octanol–water partition coefficient (Wildman–Crippen LogP) is 4.63. The first-order chi connectivity index (χ1) is 9.94. The molecule has 1 aromatic carbocycles. The summed E-state index contributed by atoms with van der Waals surface area (Å²) in [5.74, 6) is -0.0262. The number of ether oxygens (including phenoxy) is 1. The molecule has 0 unspecified atom stereocenters. The molecule has 0 aliphatic rings. The fraction of sp³-hybridized carbons (Fsp3) is 0.500. The summed E-state index contributed by atoms with van der Waals surface area (Å²) in [5, 5.41) is 23.0. The standard InChI is InChI=1S/C14H18Br3NO4/c1-6(18-13(21)22-14(2,3)4)11(19)9-7(15)5-8(16)12(20)10(9)17/h5-6,11,19-20H,1-4H3,(H,18,21)/t6-,11-/m0/s1. The maximum Gasteiger partial charge on any atom is 0.407 e. The Bertz CT molecular complexity index is 572. The largest absolute Gasteiger partial charge is 0.506 e. The fourth-order valence-electron chi connectivity index (χ4n) is 1.69. The van der Waals surface area contributed by atoms with Crippen molar-refractivity contribution in [3.8, 4) is 5.75 Å². The molecule has 5 nitrogen and oxygen atoms in total. The Hall–Kier alpha value is -0.310. The summed E-state index contributed by atoms with van der Waals surface area (Å²) >= 11 is 9.80. The highest BCUT2D eigenvalue weighted by atomic mass is 79.9. The summed E-state index contributed by atoms with van der Waals surface area (Å²) in [5.41, 5.74) is -0.185. The topological polar surface area (TPSA) is 78.8 Å². The second-order valence-electron chi connectivity index (χ2n) is 5.80. The third-order valence-electron chi connectivity index (χ3n) is 2.70. The van der Waals surface area contributed by atoms with Crippen LogP contribution in [-0.4, -0.2) is 27.9 Å². The number of benzene rings is 1. The minimum atomic E-state index is -1.05. The quantitative estimate of drug-likeness (QED) is 0.562. The monoisotopic (exact) mass is 501 g/mol. The highest BCUT2D eigenvalue weighted by molar-refractivity contribution is 9.11. The summed E-state index contributed by atoms with van der Waals surface area (Å²) < 4.78 is 6.58. The van der Waals surface area contributed by atoms with E-state index >= 15 is 0 Å². The van der Waals surface area contributed by atoms with Crippen molar-refractivity contribution in [2.24, 2.45) is 0 Å². The average Bonchev–Trinajstić information content (AvgIpc) is 2.33. The average molecular weight is 504 g/mol. The Morgan fingerprint density at radius 3 is 2.32 bits per heavy atom. The molecule has 3 N–H and O–H groups in total. The van der Waals surface area contributed by atoms with Crippen molar-refractivity contribution in [2.75, 3.05) is 0 Å². The summed E-state index contributed by atoms with van der Waals surface area (Å²) in [7, 11) is 0. The zero-order valence-corrected chi connectivity index (χ0v) is 17.3. The van der Waals surface area contributed by atoms with Gasteiger partial charge in [-0.05, 0) is 65.6 Å². The molecule has 0 aromatic heterocycles. The maximum absolute atomic E-state index is 11.8. The molecule has 1 rings (SSSR count). The van der Waals surface area contributed by atoms with Crippen molar-refractivity contribution in [3.05, 3.63) is 25.0 Å². The molecule has 22 heavy (non-hydrogen) atoms. The zero-order valence-electron chi connectivity index (χ0n) is 12.6. The number of aromatic hydroxyl groups is 1. The molecule has 0 heterocycles. The van der Waals surface area contributed by atoms with E-state index in [1.54, 1.807) is 33.8 Å². The fourth-order valence-corrected chi connectivity index (χ4v) is 4.28. The normalized spacial score (nSPS) is 14.4. The van der Waals surface area contributed by atoms with E-state index in [-0.39, 0.29) is 5.75 Å². The van der Waals surface area contributed by atoms with E-state index in [1.165, 1.54) is 0 Å². The minimum absolute atomic E-state index is 0.0262. The zero-order chi connectivity index (χ0) is 17.2. The number of amides is 1. The van der Waals surface area contributed by atoms with Crippen molar-refractivity contribution in [1.82, 2.24) is 5.32 Å². The first kappa shape index (κ1) is 19.7. The lowest BCUT2D eigenvalue weighted by Crippen LogP contribution is -2.40. The summed E-state index contributed by atoms with van der Waals surface area (Å²) in [6, 6.07) is 1.00. The summed E-state index contributed by atoms with van der Waals surface area (Å²) in [6.45, 7) is 6.92. The van der Waals surface area contributed by atoms with E-state index in [1.807, 2.05) is 0 Å². The van der Waals surface area contributed by atoms with Crippen molar-refractivity contribution < 1.29 is 19.7 Å². The van der Waals surface area contributed by atoms with E-state index < -0.39 is 23.8 Å². The second-order valence-corrected chi connectivity index (χ2v) is 8.30. The van der Waals surface area contributed by atoms with Crippen LogP contribution in [-0.2, 0) is 4.74 Å². The van der Waals surface area contributed by atoms with Crippen molar-refractivity contribution in [2.45, 2.75) is 45.4 Å². The van der Waals surface area contributed by atoms with Crippen LogP contribution in [0.2, 0.25) is 0 Å². The lowest BCUT2D eigenvalue weighted by molar-refractivity contribution is 0.0434. The van der Waals surface area contributed by atoms with Crippen LogP contribution >= 0.6 is 47.8 Å². The van der Waals surface area contributed by atoms with Gasteiger partial charge in [0.05, 0.1) is 15.0 Å². The van der Waals surface area contributed by atoms with E-state index in [0.717, 1.165) is 0 Å². The number of aliphatic hydroxyl groups is 1. The highest BCUT2D eigenvalue weighted by Crippen LogP contribution is 2.42. The number of carbonyl (C=O) groups is 1. The number of hydrogen-bond acceptors (Lipinski definition) is 4. The highest BCUT2D eigenvalue weighted by Gasteiger charge is 2.27. The van der Waals surface area contributed by atoms with E-state index in [9.17, 15) is 15.0 Å². The van der Waals surface area contributed by atoms with Crippen LogP contribution in [0.5, 0.6) is 5.75 Å². The van der Waals surface area contributed by atoms with Gasteiger partial charge in [0, 0.05) is 10.0 Å². The Balaban J connectivity index is 2.95. The van der Waals surface area contributed by atoms with Crippen molar-refractivity contribution in [3.63, 3.8) is 0 Å². The van der Waals surface area contributed by atoms with Crippen LogP contribution in [0.1, 0.15) is 39.4 Å². The minimum Gasteiger partial charge on any atom is -0.506 e. The lowest BCUT2D eigenvalue weighted by atomic mass is 10.0. The van der Waals surface area contributed by atoms with E-state index in [2.05, 4.69) is 53.1 Å². The van der Waals surface area contributed by atoms with Gasteiger partial charge in [0.15, 0.2) is 0 Å². The van der Waals surface area contributed by atoms with Gasteiger partial charge in [-0.1, -0.05) is 15.9 Å². The van der Waals surface area contributed by atoms with Gasteiger partial charge in [0.1, 0.15) is 17.5 Å². The molecule has 0 saturated carbocycles. The molecule has 8 heteroatoms. The molecule has 1 aromatic rings. The number of halogens is 3. The number of rotatable bonds is 3. The van der Waals surface area contributed by atoms with Crippen LogP contribution in [0.15, 0.2) is 19.5 Å². The van der Waals surface area contributed by atoms with Crippen LogP contribution in [0.3, 0.4) is 0 Å². The molecule has 0 fully saturated rings. The molecule has 2 atom stereocenters. The van der Waals surface area contributed by atoms with Crippen LogP contribution in [0.25, 0.3) is 0 Å². The Morgan fingerprint density at radius 1 is 1.27 bits per heavy atom. The van der Waals surface area contributed by atoms with Gasteiger partial charge in [0.25, 0.3) is 0 Å². The van der Waals surface area contributed by atoms with Gasteiger partial charge in [-0.2, -0.15) is 0 Å². The molecule has 0 bridgehead atoms. The maximum atomic E-state index is 11.8. The second kappa shape index (κ2) is 7.51. The Kier molecular flexibility index (Phi) is 6.73. The first-order valence-electron chi connectivity index (χ1n) is 6.48. The van der Waals surface area contributed by atoms with Gasteiger partial charge >= 0.3 is 6.09 Å². The van der Waals surface area contributed by atoms with Gasteiger partial charge < -0.3 is 20.3 Å².